The summed E-state index contributed by atoms with van der Waals surface area (Å²) in [6, 6.07) is 20.5. The summed E-state index contributed by atoms with van der Waals surface area (Å²) in [5.74, 6) is 1.13. The molecule has 0 saturated carbocycles. The summed E-state index contributed by atoms with van der Waals surface area (Å²) >= 11 is 6.08. The summed E-state index contributed by atoms with van der Waals surface area (Å²) < 4.78 is 0. The van der Waals surface area contributed by atoms with Crippen LogP contribution in [0.3, 0.4) is 0 Å². The molecular formula is C17H11ClN4. The second kappa shape index (κ2) is 6.25. The molecule has 0 amide bonds. The quantitative estimate of drug-likeness (QED) is 0.728. The van der Waals surface area contributed by atoms with Gasteiger partial charge in [-0.3, -0.25) is 0 Å². The molecule has 0 radical (unpaired) electrons. The highest BCUT2D eigenvalue weighted by Crippen LogP contribution is 2.22. The smallest absolute Gasteiger partial charge is 0.163 e. The number of rotatable bonds is 3. The number of benzene rings is 2. The predicted molar refractivity (Wildman–Crippen MR) is 86.9 cm³/mol. The average molecular weight is 307 g/mol. The summed E-state index contributed by atoms with van der Waals surface area (Å²) in [5, 5.41) is 12.4. The Kier molecular flexibility index (Phi) is 3.99. The van der Waals surface area contributed by atoms with E-state index in [4.69, 9.17) is 16.9 Å². The maximum absolute atomic E-state index is 8.94. The van der Waals surface area contributed by atoms with Gasteiger partial charge in [-0.25, -0.2) is 9.97 Å². The summed E-state index contributed by atoms with van der Waals surface area (Å²) in [6.07, 6.45) is 0. The highest BCUT2D eigenvalue weighted by Gasteiger charge is 2.06. The average Bonchev–Trinajstić information content (AvgIpc) is 2.55. The van der Waals surface area contributed by atoms with Crippen LogP contribution in [-0.4, -0.2) is 9.97 Å². The molecule has 3 aromatic rings. The number of halogens is 1. The molecule has 4 nitrogen and oxygen atoms in total. The molecule has 0 bridgehead atoms. The highest BCUT2D eigenvalue weighted by molar-refractivity contribution is 6.29. The Morgan fingerprint density at radius 1 is 0.955 bits per heavy atom. The number of nitrogens with zero attached hydrogens (tertiary/aromatic N) is 3. The van der Waals surface area contributed by atoms with Crippen LogP contribution in [0.5, 0.6) is 0 Å². The van der Waals surface area contributed by atoms with Gasteiger partial charge < -0.3 is 5.32 Å². The fourth-order valence-electron chi connectivity index (χ4n) is 2.01. The van der Waals surface area contributed by atoms with Gasteiger partial charge in [0, 0.05) is 17.3 Å². The van der Waals surface area contributed by atoms with Crippen LogP contribution in [0.1, 0.15) is 5.56 Å². The van der Waals surface area contributed by atoms with Gasteiger partial charge in [-0.05, 0) is 18.2 Å². The standard InChI is InChI=1S/C17H11ClN4/c18-15-10-16(20-14-8-4-5-12(9-14)11-19)22-17(21-15)13-6-2-1-3-7-13/h1-10H,(H,20,21,22). The Morgan fingerprint density at radius 3 is 2.55 bits per heavy atom. The molecule has 0 aliphatic rings. The number of hydrogen-bond acceptors (Lipinski definition) is 4. The lowest BCUT2D eigenvalue weighted by Gasteiger charge is -2.08. The van der Waals surface area contributed by atoms with Crippen molar-refractivity contribution in [1.29, 1.82) is 5.26 Å². The van der Waals surface area contributed by atoms with E-state index >= 15 is 0 Å². The molecule has 1 aromatic heterocycles. The van der Waals surface area contributed by atoms with Crippen LogP contribution in [-0.2, 0) is 0 Å². The molecule has 5 heteroatoms. The molecule has 0 saturated heterocycles. The molecule has 106 valence electrons. The van der Waals surface area contributed by atoms with Crippen LogP contribution in [0.2, 0.25) is 5.15 Å². The van der Waals surface area contributed by atoms with Gasteiger partial charge in [0.25, 0.3) is 0 Å². The van der Waals surface area contributed by atoms with E-state index < -0.39 is 0 Å². The maximum atomic E-state index is 8.94. The minimum Gasteiger partial charge on any atom is -0.340 e. The fourth-order valence-corrected chi connectivity index (χ4v) is 2.20. The van der Waals surface area contributed by atoms with Crippen molar-refractivity contribution in [3.8, 4) is 17.5 Å². The first kappa shape index (κ1) is 14.1. The van der Waals surface area contributed by atoms with Gasteiger partial charge in [-0.2, -0.15) is 5.26 Å². The molecule has 0 spiro atoms. The van der Waals surface area contributed by atoms with E-state index in [9.17, 15) is 0 Å². The Bertz CT molecular complexity index is 841. The second-order valence-electron chi connectivity index (χ2n) is 4.58. The lowest BCUT2D eigenvalue weighted by atomic mass is 10.2. The minimum atomic E-state index is 0.354. The molecule has 0 aliphatic heterocycles. The summed E-state index contributed by atoms with van der Waals surface area (Å²) in [6.45, 7) is 0. The van der Waals surface area contributed by atoms with Crippen molar-refractivity contribution in [3.05, 3.63) is 71.4 Å². The van der Waals surface area contributed by atoms with Gasteiger partial charge in [0.05, 0.1) is 11.6 Å². The number of nitrogens with one attached hydrogen (secondary N) is 1. The zero-order valence-corrected chi connectivity index (χ0v) is 12.2. The Balaban J connectivity index is 1.94. The minimum absolute atomic E-state index is 0.354. The Morgan fingerprint density at radius 2 is 1.77 bits per heavy atom. The Labute approximate surface area is 133 Å². The molecule has 0 unspecified atom stereocenters. The third-order valence-electron chi connectivity index (χ3n) is 2.99. The normalized spacial score (nSPS) is 10.0. The highest BCUT2D eigenvalue weighted by atomic mass is 35.5. The molecule has 2 aromatic carbocycles. The first-order valence-electron chi connectivity index (χ1n) is 6.62. The third kappa shape index (κ3) is 3.22. The monoisotopic (exact) mass is 306 g/mol. The molecular weight excluding hydrogens is 296 g/mol. The van der Waals surface area contributed by atoms with Crippen LogP contribution in [0.4, 0.5) is 11.5 Å². The van der Waals surface area contributed by atoms with Crippen molar-refractivity contribution in [1.82, 2.24) is 9.97 Å². The van der Waals surface area contributed by atoms with Gasteiger partial charge in [-0.1, -0.05) is 48.0 Å². The van der Waals surface area contributed by atoms with E-state index in [1.807, 2.05) is 42.5 Å². The van der Waals surface area contributed by atoms with Gasteiger partial charge in [-0.15, -0.1) is 0 Å². The SMILES string of the molecule is N#Cc1cccc(Nc2cc(Cl)nc(-c3ccccc3)n2)c1. The van der Waals surface area contributed by atoms with E-state index in [0.29, 0.717) is 22.4 Å². The third-order valence-corrected chi connectivity index (χ3v) is 3.18. The van der Waals surface area contributed by atoms with Crippen molar-refractivity contribution in [2.75, 3.05) is 5.32 Å². The maximum Gasteiger partial charge on any atom is 0.163 e. The molecule has 0 aliphatic carbocycles. The van der Waals surface area contributed by atoms with Crippen molar-refractivity contribution in [2.24, 2.45) is 0 Å². The summed E-state index contributed by atoms with van der Waals surface area (Å²) in [5.41, 5.74) is 2.24. The van der Waals surface area contributed by atoms with Crippen LogP contribution < -0.4 is 5.32 Å². The van der Waals surface area contributed by atoms with Gasteiger partial charge in [0.15, 0.2) is 5.82 Å². The van der Waals surface area contributed by atoms with Crippen molar-refractivity contribution in [2.45, 2.75) is 0 Å². The van der Waals surface area contributed by atoms with Gasteiger partial charge in [0.1, 0.15) is 11.0 Å². The van der Waals surface area contributed by atoms with E-state index in [2.05, 4.69) is 21.4 Å². The van der Waals surface area contributed by atoms with Crippen molar-refractivity contribution >= 4 is 23.1 Å². The number of nitriles is 1. The first-order valence-corrected chi connectivity index (χ1v) is 6.99. The van der Waals surface area contributed by atoms with E-state index in [1.54, 1.807) is 18.2 Å². The van der Waals surface area contributed by atoms with Crippen molar-refractivity contribution in [3.63, 3.8) is 0 Å². The van der Waals surface area contributed by atoms with Crippen LogP contribution in [0.15, 0.2) is 60.7 Å². The zero-order chi connectivity index (χ0) is 15.4. The number of aromatic nitrogens is 2. The number of anilines is 2. The lowest BCUT2D eigenvalue weighted by molar-refractivity contribution is 1.17. The van der Waals surface area contributed by atoms with Crippen molar-refractivity contribution < 1.29 is 0 Å². The summed E-state index contributed by atoms with van der Waals surface area (Å²) in [7, 11) is 0. The van der Waals surface area contributed by atoms with E-state index in [0.717, 1.165) is 11.3 Å². The molecule has 1 heterocycles. The molecule has 0 atom stereocenters. The molecule has 1 N–H and O–H groups in total. The molecule has 22 heavy (non-hydrogen) atoms. The lowest BCUT2D eigenvalue weighted by Crippen LogP contribution is -1.98. The van der Waals surface area contributed by atoms with Crippen LogP contribution in [0.25, 0.3) is 11.4 Å². The van der Waals surface area contributed by atoms with E-state index in [1.165, 1.54) is 0 Å². The predicted octanol–water partition coefficient (Wildman–Crippen LogP) is 4.41. The molecule has 3 rings (SSSR count). The Hall–Kier alpha value is -2.90. The van der Waals surface area contributed by atoms with Crippen LogP contribution in [0, 0.1) is 11.3 Å². The largest absolute Gasteiger partial charge is 0.340 e. The van der Waals surface area contributed by atoms with Crippen LogP contribution >= 0.6 is 11.6 Å². The second-order valence-corrected chi connectivity index (χ2v) is 4.97. The zero-order valence-electron chi connectivity index (χ0n) is 11.5. The topological polar surface area (TPSA) is 61.6 Å². The molecule has 0 fully saturated rings. The van der Waals surface area contributed by atoms with E-state index in [-0.39, 0.29) is 0 Å². The summed E-state index contributed by atoms with van der Waals surface area (Å²) in [4.78, 5) is 8.71. The van der Waals surface area contributed by atoms with Gasteiger partial charge >= 0.3 is 0 Å². The first-order chi connectivity index (χ1) is 10.7. The van der Waals surface area contributed by atoms with Gasteiger partial charge in [0.2, 0.25) is 0 Å². The number of hydrogen-bond donors (Lipinski definition) is 1. The fraction of sp³-hybridized carbons (Fsp3) is 0.